The van der Waals surface area contributed by atoms with Crippen LogP contribution in [0.4, 0.5) is 0 Å². The SMILES string of the molecule is O=C(N[C@@H](CO)Cc1ccccc1)C(Cl)c1ccccc1. The molecule has 2 rings (SSSR count). The molecule has 0 heterocycles. The predicted molar refractivity (Wildman–Crippen MR) is 84.2 cm³/mol. The van der Waals surface area contributed by atoms with Crippen molar-refractivity contribution in [1.82, 2.24) is 5.32 Å². The van der Waals surface area contributed by atoms with Gasteiger partial charge in [-0.2, -0.15) is 0 Å². The molecular formula is C17H18ClNO2. The standard InChI is InChI=1S/C17H18ClNO2/c18-16(14-9-5-2-6-10-14)17(21)19-15(12-20)11-13-7-3-1-4-8-13/h1-10,15-16,20H,11-12H2,(H,19,21)/t15-,16?/m1/s1. The number of alkyl halides is 1. The van der Waals surface area contributed by atoms with Crippen LogP contribution in [0.15, 0.2) is 60.7 Å². The molecule has 0 bridgehead atoms. The molecule has 0 aromatic heterocycles. The number of benzene rings is 2. The van der Waals surface area contributed by atoms with Crippen molar-refractivity contribution < 1.29 is 9.90 Å². The Balaban J connectivity index is 1.96. The van der Waals surface area contributed by atoms with Gasteiger partial charge in [-0.1, -0.05) is 60.7 Å². The van der Waals surface area contributed by atoms with E-state index in [9.17, 15) is 9.90 Å². The third kappa shape index (κ3) is 4.59. The summed E-state index contributed by atoms with van der Waals surface area (Å²) in [5, 5.41) is 11.5. The van der Waals surface area contributed by atoms with Gasteiger partial charge in [0.05, 0.1) is 12.6 Å². The number of nitrogens with one attached hydrogen (secondary N) is 1. The first-order chi connectivity index (χ1) is 10.2. The number of aliphatic hydroxyl groups is 1. The van der Waals surface area contributed by atoms with Crippen molar-refractivity contribution in [3.63, 3.8) is 0 Å². The van der Waals surface area contributed by atoms with Crippen LogP contribution in [0.5, 0.6) is 0 Å². The average Bonchev–Trinajstić information content (AvgIpc) is 2.55. The molecule has 0 radical (unpaired) electrons. The number of carbonyl (C=O) groups is 1. The maximum absolute atomic E-state index is 12.1. The van der Waals surface area contributed by atoms with Crippen molar-refractivity contribution in [2.24, 2.45) is 0 Å². The average molecular weight is 304 g/mol. The molecule has 2 aromatic rings. The van der Waals surface area contributed by atoms with Gasteiger partial charge in [0.25, 0.3) is 0 Å². The molecule has 0 fully saturated rings. The monoisotopic (exact) mass is 303 g/mol. The van der Waals surface area contributed by atoms with Gasteiger partial charge in [0.15, 0.2) is 0 Å². The molecule has 2 N–H and O–H groups in total. The number of hydrogen-bond acceptors (Lipinski definition) is 2. The van der Waals surface area contributed by atoms with Gasteiger partial charge >= 0.3 is 0 Å². The fourth-order valence-corrected chi connectivity index (χ4v) is 2.32. The first-order valence-electron chi connectivity index (χ1n) is 6.85. The van der Waals surface area contributed by atoms with Crippen LogP contribution in [0.25, 0.3) is 0 Å². The van der Waals surface area contributed by atoms with E-state index in [2.05, 4.69) is 5.32 Å². The summed E-state index contributed by atoms with van der Waals surface area (Å²) in [6, 6.07) is 18.5. The highest BCUT2D eigenvalue weighted by atomic mass is 35.5. The molecule has 4 heteroatoms. The second-order valence-electron chi connectivity index (χ2n) is 4.85. The first-order valence-corrected chi connectivity index (χ1v) is 7.28. The highest BCUT2D eigenvalue weighted by Gasteiger charge is 2.20. The van der Waals surface area contributed by atoms with Crippen molar-refractivity contribution in [3.8, 4) is 0 Å². The number of rotatable bonds is 6. The molecule has 3 nitrogen and oxygen atoms in total. The summed E-state index contributed by atoms with van der Waals surface area (Å²) in [5.74, 6) is -0.294. The Morgan fingerprint density at radius 2 is 1.62 bits per heavy atom. The minimum Gasteiger partial charge on any atom is -0.394 e. The maximum atomic E-state index is 12.1. The fourth-order valence-electron chi connectivity index (χ4n) is 2.11. The number of amides is 1. The Kier molecular flexibility index (Phi) is 5.78. The molecule has 21 heavy (non-hydrogen) atoms. The molecule has 0 aliphatic rings. The van der Waals surface area contributed by atoms with Crippen molar-refractivity contribution in [3.05, 3.63) is 71.8 Å². The summed E-state index contributed by atoms with van der Waals surface area (Å²) in [5.41, 5.74) is 1.80. The van der Waals surface area contributed by atoms with Crippen molar-refractivity contribution >= 4 is 17.5 Å². The number of aliphatic hydroxyl groups excluding tert-OH is 1. The second kappa shape index (κ2) is 7.81. The van der Waals surface area contributed by atoms with Crippen LogP contribution in [0.2, 0.25) is 0 Å². The lowest BCUT2D eigenvalue weighted by atomic mass is 10.1. The highest BCUT2D eigenvalue weighted by Crippen LogP contribution is 2.20. The summed E-state index contributed by atoms with van der Waals surface area (Å²) < 4.78 is 0. The van der Waals surface area contributed by atoms with E-state index in [0.717, 1.165) is 11.1 Å². The van der Waals surface area contributed by atoms with Crippen LogP contribution in [0, 0.1) is 0 Å². The van der Waals surface area contributed by atoms with E-state index in [1.807, 2.05) is 60.7 Å². The van der Waals surface area contributed by atoms with Crippen LogP contribution < -0.4 is 5.32 Å². The largest absolute Gasteiger partial charge is 0.394 e. The summed E-state index contributed by atoms with van der Waals surface area (Å²) in [6.45, 7) is -0.126. The van der Waals surface area contributed by atoms with E-state index >= 15 is 0 Å². The number of halogens is 1. The summed E-state index contributed by atoms with van der Waals surface area (Å²) >= 11 is 6.17. The molecular weight excluding hydrogens is 286 g/mol. The smallest absolute Gasteiger partial charge is 0.242 e. The van der Waals surface area contributed by atoms with Crippen molar-refractivity contribution in [2.75, 3.05) is 6.61 Å². The molecule has 0 aliphatic heterocycles. The van der Waals surface area contributed by atoms with Crippen molar-refractivity contribution in [2.45, 2.75) is 17.8 Å². The van der Waals surface area contributed by atoms with Crippen molar-refractivity contribution in [1.29, 1.82) is 0 Å². The van der Waals surface area contributed by atoms with Gasteiger partial charge in [0.2, 0.25) is 5.91 Å². The summed E-state index contributed by atoms with van der Waals surface area (Å²) in [7, 11) is 0. The Bertz CT molecular complexity index is 560. The van der Waals surface area contributed by atoms with E-state index in [4.69, 9.17) is 11.6 Å². The van der Waals surface area contributed by atoms with Gasteiger partial charge < -0.3 is 10.4 Å². The van der Waals surface area contributed by atoms with Gasteiger partial charge in [-0.05, 0) is 17.5 Å². The Morgan fingerprint density at radius 1 is 1.05 bits per heavy atom. The third-order valence-corrected chi connectivity index (χ3v) is 3.66. The van der Waals surface area contributed by atoms with Gasteiger partial charge in [0.1, 0.15) is 5.38 Å². The molecule has 0 spiro atoms. The van der Waals surface area contributed by atoms with E-state index in [-0.39, 0.29) is 18.6 Å². The summed E-state index contributed by atoms with van der Waals surface area (Å²) in [4.78, 5) is 12.1. The zero-order chi connectivity index (χ0) is 15.1. The normalized spacial score (nSPS) is 13.4. The topological polar surface area (TPSA) is 49.3 Å². The van der Waals surface area contributed by atoms with Gasteiger partial charge in [-0.25, -0.2) is 0 Å². The van der Waals surface area contributed by atoms with Gasteiger partial charge in [-0.3, -0.25) is 4.79 Å². The quantitative estimate of drug-likeness (QED) is 0.806. The zero-order valence-electron chi connectivity index (χ0n) is 11.6. The van der Waals surface area contributed by atoms with Crippen LogP contribution in [-0.4, -0.2) is 23.7 Å². The van der Waals surface area contributed by atoms with E-state index in [1.165, 1.54) is 0 Å². The van der Waals surface area contributed by atoms with Crippen LogP contribution in [0.1, 0.15) is 16.5 Å². The molecule has 0 saturated carbocycles. The lowest BCUT2D eigenvalue weighted by molar-refractivity contribution is -0.121. The molecule has 0 aliphatic carbocycles. The molecule has 2 aromatic carbocycles. The third-order valence-electron chi connectivity index (χ3n) is 3.21. The van der Waals surface area contributed by atoms with E-state index in [1.54, 1.807) is 0 Å². The maximum Gasteiger partial charge on any atom is 0.242 e. The fraction of sp³-hybridized carbons (Fsp3) is 0.235. The zero-order valence-corrected chi connectivity index (χ0v) is 12.3. The molecule has 0 saturated heterocycles. The van der Waals surface area contributed by atoms with E-state index < -0.39 is 5.38 Å². The Hall–Kier alpha value is -1.84. The van der Waals surface area contributed by atoms with Crippen LogP contribution in [0.3, 0.4) is 0 Å². The lowest BCUT2D eigenvalue weighted by Gasteiger charge is -2.18. The second-order valence-corrected chi connectivity index (χ2v) is 5.29. The molecule has 110 valence electrons. The summed E-state index contributed by atoms with van der Waals surface area (Å²) in [6.07, 6.45) is 0.571. The van der Waals surface area contributed by atoms with Gasteiger partial charge in [-0.15, -0.1) is 11.6 Å². The Labute approximate surface area is 129 Å². The number of carbonyl (C=O) groups excluding carboxylic acids is 1. The number of hydrogen-bond donors (Lipinski definition) is 2. The van der Waals surface area contributed by atoms with E-state index in [0.29, 0.717) is 6.42 Å². The van der Waals surface area contributed by atoms with Crippen LogP contribution >= 0.6 is 11.6 Å². The van der Waals surface area contributed by atoms with Gasteiger partial charge in [0, 0.05) is 0 Å². The lowest BCUT2D eigenvalue weighted by Crippen LogP contribution is -2.40. The molecule has 1 unspecified atom stereocenters. The van der Waals surface area contributed by atoms with Crippen LogP contribution in [-0.2, 0) is 11.2 Å². The highest BCUT2D eigenvalue weighted by molar-refractivity contribution is 6.30. The minimum atomic E-state index is -0.754. The first kappa shape index (κ1) is 15.5. The predicted octanol–water partition coefficient (Wildman–Crippen LogP) is 2.69. The molecule has 2 atom stereocenters. The Morgan fingerprint density at radius 3 is 2.19 bits per heavy atom. The minimum absolute atomic E-state index is 0.126. The molecule has 1 amide bonds.